The molecule has 3 rings (SSSR count). The third-order valence-corrected chi connectivity index (χ3v) is 6.78. The lowest BCUT2D eigenvalue weighted by atomic mass is 10.1. The summed E-state index contributed by atoms with van der Waals surface area (Å²) in [6.07, 6.45) is 10.6. The van der Waals surface area contributed by atoms with Crippen LogP contribution in [0.1, 0.15) is 71.3 Å². The smallest absolute Gasteiger partial charge is 0.319 e. The van der Waals surface area contributed by atoms with Crippen molar-refractivity contribution in [3.8, 4) is 6.01 Å². The Morgan fingerprint density at radius 2 is 1.86 bits per heavy atom. The molecule has 1 aliphatic rings. The van der Waals surface area contributed by atoms with Gasteiger partial charge in [0.2, 0.25) is 5.95 Å². The molecule has 0 bridgehead atoms. The number of rotatable bonds is 15. The highest BCUT2D eigenvalue weighted by atomic mass is 16.5. The summed E-state index contributed by atoms with van der Waals surface area (Å²) >= 11 is 0. The lowest BCUT2D eigenvalue weighted by Crippen LogP contribution is -2.35. The molecule has 0 radical (unpaired) electrons. The van der Waals surface area contributed by atoms with Crippen LogP contribution in [0.3, 0.4) is 0 Å². The van der Waals surface area contributed by atoms with Crippen molar-refractivity contribution in [3.63, 3.8) is 0 Å². The molecule has 2 aromatic rings. The molecule has 12 nitrogen and oxygen atoms in total. The molecule has 1 saturated heterocycles. The molecule has 2 heterocycles. The lowest BCUT2D eigenvalue weighted by Gasteiger charge is -2.28. The Hall–Kier alpha value is -3.29. The summed E-state index contributed by atoms with van der Waals surface area (Å²) in [7, 11) is 3.99. The van der Waals surface area contributed by atoms with E-state index in [1.54, 1.807) is 18.5 Å². The molecule has 2 unspecified atom stereocenters. The Labute approximate surface area is 263 Å². The Morgan fingerprint density at radius 3 is 2.55 bits per heavy atom. The quantitative estimate of drug-likeness (QED) is 0.114. The van der Waals surface area contributed by atoms with E-state index in [9.17, 15) is 10.2 Å². The first-order chi connectivity index (χ1) is 21.2. The summed E-state index contributed by atoms with van der Waals surface area (Å²) in [5, 5.41) is 38.8. The van der Waals surface area contributed by atoms with Gasteiger partial charge in [0.1, 0.15) is 18.6 Å². The molecule has 0 spiro atoms. The van der Waals surface area contributed by atoms with Gasteiger partial charge < -0.3 is 35.8 Å². The van der Waals surface area contributed by atoms with Gasteiger partial charge in [0.25, 0.3) is 0 Å². The van der Waals surface area contributed by atoms with E-state index in [4.69, 9.17) is 4.74 Å². The van der Waals surface area contributed by atoms with Crippen LogP contribution in [0.5, 0.6) is 6.01 Å². The van der Waals surface area contributed by atoms with Gasteiger partial charge in [0.05, 0.1) is 6.20 Å². The van der Waals surface area contributed by atoms with Crippen molar-refractivity contribution in [2.75, 3.05) is 50.9 Å². The zero-order valence-electron chi connectivity index (χ0n) is 27.4. The van der Waals surface area contributed by atoms with Gasteiger partial charge in [0.15, 0.2) is 0 Å². The summed E-state index contributed by atoms with van der Waals surface area (Å²) in [5.41, 5.74) is 2.58. The fraction of sp³-hybridized carbons (Fsp3) is 0.594. The number of hydrogen-bond acceptors (Lipinski definition) is 11. The van der Waals surface area contributed by atoms with Crippen molar-refractivity contribution in [1.82, 2.24) is 35.7 Å². The van der Waals surface area contributed by atoms with Gasteiger partial charge >= 0.3 is 6.01 Å². The van der Waals surface area contributed by atoms with E-state index in [0.717, 1.165) is 68.8 Å². The highest BCUT2D eigenvalue weighted by molar-refractivity contribution is 5.61. The molecule has 1 aromatic carbocycles. The predicted octanol–water partition coefficient (Wildman–Crippen LogP) is 4.27. The van der Waals surface area contributed by atoms with E-state index in [1.165, 1.54) is 0 Å². The summed E-state index contributed by atoms with van der Waals surface area (Å²) < 4.78 is 6.18. The number of hydrogen-bond donors (Lipinski definition) is 7. The van der Waals surface area contributed by atoms with Crippen molar-refractivity contribution in [2.45, 2.75) is 84.3 Å². The highest BCUT2D eigenvalue weighted by Crippen LogP contribution is 2.20. The molecule has 7 N–H and O–H groups in total. The van der Waals surface area contributed by atoms with Gasteiger partial charge in [-0.05, 0) is 82.1 Å². The largest absolute Gasteiger partial charge is 0.460 e. The van der Waals surface area contributed by atoms with Gasteiger partial charge in [0, 0.05) is 37.2 Å². The lowest BCUT2D eigenvalue weighted by molar-refractivity contribution is 0.105. The van der Waals surface area contributed by atoms with Crippen LogP contribution in [0.15, 0.2) is 48.8 Å². The number of aliphatic hydroxyl groups is 2. The third kappa shape index (κ3) is 15.4. The first kappa shape index (κ1) is 36.9. The van der Waals surface area contributed by atoms with Gasteiger partial charge in [-0.2, -0.15) is 10.1 Å². The molecular formula is C32H55N9O3. The molecule has 246 valence electrons. The van der Waals surface area contributed by atoms with E-state index in [2.05, 4.69) is 74.2 Å². The van der Waals surface area contributed by atoms with Crippen LogP contribution in [-0.4, -0.2) is 94.1 Å². The molecule has 2 atom stereocenters. The minimum atomic E-state index is -0.586. The number of likely N-dealkylation sites (tertiary alicyclic amines) is 1. The number of H-pyrrole nitrogens is 1. The van der Waals surface area contributed by atoms with Crippen LogP contribution in [0.25, 0.3) is 0 Å². The number of anilines is 3. The molecule has 0 aliphatic carbocycles. The molecule has 1 fully saturated rings. The number of aliphatic hydroxyl groups excluding tert-OH is 2. The second-order valence-electron chi connectivity index (χ2n) is 11.2. The van der Waals surface area contributed by atoms with Crippen molar-refractivity contribution >= 4 is 17.3 Å². The maximum absolute atomic E-state index is 10.1. The first-order valence-electron chi connectivity index (χ1n) is 15.8. The van der Waals surface area contributed by atoms with E-state index in [0.29, 0.717) is 18.4 Å². The molecule has 1 aliphatic heterocycles. The van der Waals surface area contributed by atoms with Crippen LogP contribution in [-0.2, 0) is 0 Å². The molecule has 44 heavy (non-hydrogen) atoms. The Morgan fingerprint density at radius 1 is 1.11 bits per heavy atom. The third-order valence-electron chi connectivity index (χ3n) is 6.78. The van der Waals surface area contributed by atoms with Gasteiger partial charge in [-0.25, -0.2) is 10.1 Å². The minimum Gasteiger partial charge on any atom is -0.460 e. The number of aromatic amines is 1. The Balaban J connectivity index is 0.000000523. The summed E-state index contributed by atoms with van der Waals surface area (Å²) in [5.74, 6) is 0.665. The van der Waals surface area contributed by atoms with Crippen LogP contribution in [0, 0.1) is 0 Å². The van der Waals surface area contributed by atoms with Crippen molar-refractivity contribution < 1.29 is 14.9 Å². The molecular weight excluding hydrogens is 558 g/mol. The normalized spacial score (nSPS) is 15.3. The maximum Gasteiger partial charge on any atom is 0.319 e. The average molecular weight is 614 g/mol. The van der Waals surface area contributed by atoms with Crippen molar-refractivity contribution in [1.29, 1.82) is 0 Å². The number of aromatic nitrogens is 4. The van der Waals surface area contributed by atoms with Gasteiger partial charge in [-0.3, -0.25) is 5.32 Å². The summed E-state index contributed by atoms with van der Waals surface area (Å²) in [6.45, 7) is 11.9. The van der Waals surface area contributed by atoms with Crippen LogP contribution >= 0.6 is 0 Å². The highest BCUT2D eigenvalue weighted by Gasteiger charge is 2.19. The SMILES string of the molecule is CCCC(O)Nc1cccc(Nc2nc(OC3CCN(C)CC3)ncc(C(C)C)cn[nH]2)c1.CCCNC(O)/C=C/CNC. The number of nitrogens with one attached hydrogen (secondary N) is 5. The molecule has 0 saturated carbocycles. The molecule has 12 heteroatoms. The second kappa shape index (κ2) is 21.4. The standard InChI is InChI=1S/C24H37N7O2.C8H18N2O/c1-5-7-22(32)27-19-8-6-9-20(14-19)28-23-29-24(33-21-10-12-31(4)13-11-21)25-15-18(17(2)3)16-26-30-23;1-3-6-10-8(11)5-4-7-9-2/h6,8-9,14-17,21-22,27,32H,5,7,10-13H2,1-4H3,(H2,25,28,29,30);4-5,8-11H,3,6-7H2,1-2H3/b;5-4+. The van der Waals surface area contributed by atoms with Crippen LogP contribution in [0.2, 0.25) is 0 Å². The van der Waals surface area contributed by atoms with Gasteiger partial charge in [-0.1, -0.05) is 46.3 Å². The minimum absolute atomic E-state index is 0.0788. The zero-order valence-corrected chi connectivity index (χ0v) is 27.4. The van der Waals surface area contributed by atoms with Crippen LogP contribution in [0.4, 0.5) is 17.3 Å². The average Bonchev–Trinajstić information content (AvgIpc) is 3.08. The van der Waals surface area contributed by atoms with E-state index < -0.39 is 12.5 Å². The second-order valence-corrected chi connectivity index (χ2v) is 11.2. The number of piperidine rings is 1. The summed E-state index contributed by atoms with van der Waals surface area (Å²) in [4.78, 5) is 11.4. The number of benzene rings is 1. The van der Waals surface area contributed by atoms with Crippen molar-refractivity contribution in [3.05, 3.63) is 54.4 Å². The first-order valence-corrected chi connectivity index (χ1v) is 15.8. The Bertz CT molecular complexity index is 1140. The van der Waals surface area contributed by atoms with Crippen LogP contribution < -0.4 is 26.0 Å². The fourth-order valence-electron chi connectivity index (χ4n) is 4.18. The van der Waals surface area contributed by atoms with E-state index in [-0.39, 0.29) is 12.0 Å². The molecule has 0 amide bonds. The van der Waals surface area contributed by atoms with Crippen molar-refractivity contribution in [2.24, 2.45) is 0 Å². The predicted molar refractivity (Wildman–Crippen MR) is 179 cm³/mol. The Kier molecular flexibility index (Phi) is 18.0. The number of ether oxygens (including phenoxy) is 1. The maximum atomic E-state index is 10.1. The topological polar surface area (TPSA) is 156 Å². The zero-order chi connectivity index (χ0) is 32.2. The molecule has 1 aromatic heterocycles. The fourth-order valence-corrected chi connectivity index (χ4v) is 4.18. The van der Waals surface area contributed by atoms with E-state index in [1.807, 2.05) is 44.3 Å². The summed E-state index contributed by atoms with van der Waals surface area (Å²) in [6, 6.07) is 7.95. The number of nitrogens with zero attached hydrogens (tertiary/aromatic N) is 4. The van der Waals surface area contributed by atoms with E-state index >= 15 is 0 Å². The number of likely N-dealkylation sites (N-methyl/N-ethyl adjacent to an activating group) is 1. The monoisotopic (exact) mass is 613 g/mol. The van der Waals surface area contributed by atoms with Gasteiger partial charge in [-0.15, -0.1) is 0 Å².